The molecule has 0 saturated heterocycles. The lowest BCUT2D eigenvalue weighted by molar-refractivity contribution is 0.304. The molecule has 5 nitrogen and oxygen atoms in total. The van der Waals surface area contributed by atoms with E-state index < -0.39 is 0 Å². The predicted octanol–water partition coefficient (Wildman–Crippen LogP) is 1.95. The van der Waals surface area contributed by atoms with Crippen molar-refractivity contribution in [2.75, 3.05) is 40.8 Å². The summed E-state index contributed by atoms with van der Waals surface area (Å²) in [4.78, 5) is 8.76. The van der Waals surface area contributed by atoms with E-state index in [1.54, 1.807) is 7.11 Å². The molecular weight excluding hydrogens is 264 g/mol. The standard InChI is InChI=1S/C16H28N4O/c1-6-20(7-2)16(17)18-12-15(19(3)4)13-9-8-10-14(11-13)21-5/h8-11,15H,6-7,12H2,1-5H3,(H2,17,18). The second-order valence-electron chi connectivity index (χ2n) is 5.13. The average Bonchev–Trinajstić information content (AvgIpc) is 2.48. The summed E-state index contributed by atoms with van der Waals surface area (Å²) in [5.74, 6) is 1.47. The van der Waals surface area contributed by atoms with Crippen LogP contribution in [-0.4, -0.2) is 56.6 Å². The monoisotopic (exact) mass is 292 g/mol. The molecule has 1 aromatic carbocycles. The lowest BCUT2D eigenvalue weighted by Crippen LogP contribution is -2.37. The number of guanidine groups is 1. The summed E-state index contributed by atoms with van der Waals surface area (Å²) in [5, 5.41) is 0. The second-order valence-corrected chi connectivity index (χ2v) is 5.13. The Morgan fingerprint density at radius 3 is 2.48 bits per heavy atom. The van der Waals surface area contributed by atoms with Crippen LogP contribution < -0.4 is 10.5 Å². The Hall–Kier alpha value is -1.75. The first kappa shape index (κ1) is 17.3. The van der Waals surface area contributed by atoms with Crippen molar-refractivity contribution in [2.45, 2.75) is 19.9 Å². The summed E-state index contributed by atoms with van der Waals surface area (Å²) >= 11 is 0. The summed E-state index contributed by atoms with van der Waals surface area (Å²) in [7, 11) is 5.78. The number of hydrogen-bond acceptors (Lipinski definition) is 3. The Kier molecular flexibility index (Phi) is 7.02. The van der Waals surface area contributed by atoms with E-state index >= 15 is 0 Å². The highest BCUT2D eigenvalue weighted by atomic mass is 16.5. The van der Waals surface area contributed by atoms with Crippen LogP contribution in [0.1, 0.15) is 25.5 Å². The Labute approximate surface area is 128 Å². The minimum atomic E-state index is 0.175. The highest BCUT2D eigenvalue weighted by Gasteiger charge is 2.15. The molecule has 0 aliphatic heterocycles. The molecule has 0 aliphatic rings. The van der Waals surface area contributed by atoms with Crippen molar-refractivity contribution in [3.8, 4) is 5.75 Å². The molecule has 2 N–H and O–H groups in total. The van der Waals surface area contributed by atoms with Gasteiger partial charge in [-0.25, -0.2) is 0 Å². The van der Waals surface area contributed by atoms with Gasteiger partial charge in [0, 0.05) is 13.1 Å². The van der Waals surface area contributed by atoms with Gasteiger partial charge < -0.3 is 20.3 Å². The van der Waals surface area contributed by atoms with E-state index in [1.165, 1.54) is 5.56 Å². The van der Waals surface area contributed by atoms with Crippen molar-refractivity contribution < 1.29 is 4.74 Å². The van der Waals surface area contributed by atoms with Crippen LogP contribution in [-0.2, 0) is 0 Å². The quantitative estimate of drug-likeness (QED) is 0.616. The number of aliphatic imine (C=N–C) groups is 1. The van der Waals surface area contributed by atoms with Crippen LogP contribution in [0.5, 0.6) is 5.75 Å². The Morgan fingerprint density at radius 2 is 1.95 bits per heavy atom. The third kappa shape index (κ3) is 4.93. The van der Waals surface area contributed by atoms with Gasteiger partial charge in [0.2, 0.25) is 0 Å². The molecule has 21 heavy (non-hydrogen) atoms. The van der Waals surface area contributed by atoms with Crippen LogP contribution in [0.15, 0.2) is 29.3 Å². The highest BCUT2D eigenvalue weighted by Crippen LogP contribution is 2.22. The summed E-state index contributed by atoms with van der Waals surface area (Å²) < 4.78 is 5.30. The summed E-state index contributed by atoms with van der Waals surface area (Å²) in [6.07, 6.45) is 0. The minimum Gasteiger partial charge on any atom is -0.497 e. The maximum absolute atomic E-state index is 6.05. The van der Waals surface area contributed by atoms with Crippen molar-refractivity contribution in [1.29, 1.82) is 0 Å². The van der Waals surface area contributed by atoms with Crippen molar-refractivity contribution in [2.24, 2.45) is 10.7 Å². The first-order chi connectivity index (χ1) is 10.0. The predicted molar refractivity (Wildman–Crippen MR) is 88.8 cm³/mol. The van der Waals surface area contributed by atoms with Crippen LogP contribution in [0.3, 0.4) is 0 Å². The molecule has 0 aromatic heterocycles. The fraction of sp³-hybridized carbons (Fsp3) is 0.562. The van der Waals surface area contributed by atoms with Gasteiger partial charge >= 0.3 is 0 Å². The molecule has 0 bridgehead atoms. The van der Waals surface area contributed by atoms with Crippen molar-refractivity contribution >= 4 is 5.96 Å². The number of benzene rings is 1. The first-order valence-corrected chi connectivity index (χ1v) is 7.38. The Balaban J connectivity index is 2.90. The summed E-state index contributed by atoms with van der Waals surface area (Å²) in [6.45, 7) is 6.53. The van der Waals surface area contributed by atoms with Crippen LogP contribution in [0.4, 0.5) is 0 Å². The second kappa shape index (κ2) is 8.52. The topological polar surface area (TPSA) is 54.1 Å². The third-order valence-corrected chi connectivity index (χ3v) is 3.62. The third-order valence-electron chi connectivity index (χ3n) is 3.62. The van der Waals surface area contributed by atoms with E-state index in [4.69, 9.17) is 10.5 Å². The molecule has 5 heteroatoms. The van der Waals surface area contributed by atoms with E-state index in [0.29, 0.717) is 12.5 Å². The number of methoxy groups -OCH3 is 1. The zero-order valence-corrected chi connectivity index (χ0v) is 13.8. The van der Waals surface area contributed by atoms with E-state index in [1.807, 2.05) is 32.3 Å². The fourth-order valence-corrected chi connectivity index (χ4v) is 2.24. The molecule has 1 unspecified atom stereocenters. The number of nitrogens with two attached hydrogens (primary N) is 1. The molecule has 118 valence electrons. The van der Waals surface area contributed by atoms with Crippen LogP contribution >= 0.6 is 0 Å². The molecule has 0 saturated carbocycles. The smallest absolute Gasteiger partial charge is 0.191 e. The normalized spacial score (nSPS) is 13.3. The van der Waals surface area contributed by atoms with Gasteiger partial charge in [0.1, 0.15) is 5.75 Å². The maximum Gasteiger partial charge on any atom is 0.191 e. The van der Waals surface area contributed by atoms with Crippen molar-refractivity contribution in [1.82, 2.24) is 9.80 Å². The van der Waals surface area contributed by atoms with Gasteiger partial charge in [-0.05, 0) is 45.6 Å². The van der Waals surface area contributed by atoms with E-state index in [0.717, 1.165) is 18.8 Å². The number of ether oxygens (including phenoxy) is 1. The molecule has 0 aliphatic carbocycles. The van der Waals surface area contributed by atoms with Gasteiger partial charge in [0.15, 0.2) is 5.96 Å². The van der Waals surface area contributed by atoms with Crippen molar-refractivity contribution in [3.63, 3.8) is 0 Å². The van der Waals surface area contributed by atoms with E-state index in [2.05, 4.69) is 34.7 Å². The lowest BCUT2D eigenvalue weighted by Gasteiger charge is -2.25. The number of likely N-dealkylation sites (N-methyl/N-ethyl adjacent to an activating group) is 1. The van der Waals surface area contributed by atoms with E-state index in [-0.39, 0.29) is 6.04 Å². The van der Waals surface area contributed by atoms with Crippen LogP contribution in [0, 0.1) is 0 Å². The minimum absolute atomic E-state index is 0.175. The van der Waals surface area contributed by atoms with Gasteiger partial charge in [-0.1, -0.05) is 12.1 Å². The van der Waals surface area contributed by atoms with Crippen LogP contribution in [0.2, 0.25) is 0 Å². The van der Waals surface area contributed by atoms with Crippen molar-refractivity contribution in [3.05, 3.63) is 29.8 Å². The molecule has 0 heterocycles. The molecule has 0 amide bonds. The zero-order chi connectivity index (χ0) is 15.8. The van der Waals surface area contributed by atoms with Crippen LogP contribution in [0.25, 0.3) is 0 Å². The maximum atomic E-state index is 6.05. The SMILES string of the molecule is CCN(CC)C(N)=NCC(c1cccc(OC)c1)N(C)C. The molecule has 1 aromatic rings. The number of nitrogens with zero attached hydrogens (tertiary/aromatic N) is 3. The Morgan fingerprint density at radius 1 is 1.29 bits per heavy atom. The molecule has 0 fully saturated rings. The van der Waals surface area contributed by atoms with Gasteiger partial charge in [0.25, 0.3) is 0 Å². The first-order valence-electron chi connectivity index (χ1n) is 7.38. The lowest BCUT2D eigenvalue weighted by atomic mass is 10.1. The fourth-order valence-electron chi connectivity index (χ4n) is 2.24. The highest BCUT2D eigenvalue weighted by molar-refractivity contribution is 5.78. The Bertz CT molecular complexity index is 455. The molecule has 0 spiro atoms. The summed E-state index contributed by atoms with van der Waals surface area (Å²) in [6, 6.07) is 8.27. The zero-order valence-electron chi connectivity index (χ0n) is 13.8. The number of rotatable bonds is 7. The largest absolute Gasteiger partial charge is 0.497 e. The molecule has 1 atom stereocenters. The summed E-state index contributed by atoms with van der Waals surface area (Å²) in [5.41, 5.74) is 7.23. The van der Waals surface area contributed by atoms with Gasteiger partial charge in [-0.15, -0.1) is 0 Å². The molecule has 1 rings (SSSR count). The van der Waals surface area contributed by atoms with Gasteiger partial charge in [0.05, 0.1) is 19.7 Å². The number of hydrogen-bond donors (Lipinski definition) is 1. The average molecular weight is 292 g/mol. The van der Waals surface area contributed by atoms with E-state index in [9.17, 15) is 0 Å². The molecular formula is C16H28N4O. The van der Waals surface area contributed by atoms with Gasteiger partial charge in [-0.3, -0.25) is 4.99 Å². The van der Waals surface area contributed by atoms with Gasteiger partial charge in [-0.2, -0.15) is 0 Å². The molecule has 0 radical (unpaired) electrons.